The maximum Gasteiger partial charge on any atom is 0.309 e. The van der Waals surface area contributed by atoms with Crippen molar-refractivity contribution in [3.8, 4) is 0 Å². The molecule has 2 rings (SSSR count). The molecular formula is C15H25N5O2. The number of nitrogens with two attached hydrogens (primary N) is 1. The molecule has 0 aliphatic carbocycles. The van der Waals surface area contributed by atoms with E-state index in [4.69, 9.17) is 5.73 Å². The molecule has 0 spiro atoms. The number of hydrogen-bond acceptors (Lipinski definition) is 6. The first-order valence-electron chi connectivity index (χ1n) is 7.71. The van der Waals surface area contributed by atoms with Gasteiger partial charge in [0.15, 0.2) is 0 Å². The molecule has 3 N–H and O–H groups in total. The second kappa shape index (κ2) is 7.51. The van der Waals surface area contributed by atoms with Crippen LogP contribution < -0.4 is 10.6 Å². The summed E-state index contributed by atoms with van der Waals surface area (Å²) in [6.07, 6.45) is 2.68. The van der Waals surface area contributed by atoms with Gasteiger partial charge in [0, 0.05) is 37.9 Å². The lowest BCUT2D eigenvalue weighted by Gasteiger charge is -2.24. The molecule has 0 saturated carbocycles. The van der Waals surface area contributed by atoms with Crippen LogP contribution in [0.15, 0.2) is 6.20 Å². The van der Waals surface area contributed by atoms with Crippen molar-refractivity contribution in [1.82, 2.24) is 14.9 Å². The monoisotopic (exact) mass is 307 g/mol. The van der Waals surface area contributed by atoms with Gasteiger partial charge in [-0.3, -0.25) is 4.79 Å². The highest BCUT2D eigenvalue weighted by molar-refractivity contribution is 5.71. The van der Waals surface area contributed by atoms with E-state index in [9.17, 15) is 9.90 Å². The summed E-state index contributed by atoms with van der Waals surface area (Å²) in [4.78, 5) is 24.5. The van der Waals surface area contributed by atoms with Gasteiger partial charge in [0.05, 0.1) is 5.92 Å². The second-order valence-electron chi connectivity index (χ2n) is 5.85. The van der Waals surface area contributed by atoms with Crippen LogP contribution in [0.2, 0.25) is 0 Å². The zero-order valence-electron chi connectivity index (χ0n) is 13.3. The number of nitrogens with zero attached hydrogens (tertiary/aromatic N) is 4. The Morgan fingerprint density at radius 1 is 1.41 bits per heavy atom. The largest absolute Gasteiger partial charge is 0.481 e. The minimum atomic E-state index is -0.756. The van der Waals surface area contributed by atoms with Crippen LogP contribution in [0.4, 0.5) is 5.82 Å². The number of anilines is 1. The smallest absolute Gasteiger partial charge is 0.309 e. The van der Waals surface area contributed by atoms with Crippen LogP contribution in [0.5, 0.6) is 0 Å². The van der Waals surface area contributed by atoms with Crippen molar-refractivity contribution < 1.29 is 9.90 Å². The average molecular weight is 307 g/mol. The fraction of sp³-hybridized carbons (Fsp3) is 0.667. The topological polar surface area (TPSA) is 95.6 Å². The second-order valence-corrected chi connectivity index (χ2v) is 5.85. The molecule has 1 saturated heterocycles. The lowest BCUT2D eigenvalue weighted by atomic mass is 10.1. The van der Waals surface area contributed by atoms with Crippen molar-refractivity contribution in [1.29, 1.82) is 0 Å². The third-order valence-corrected chi connectivity index (χ3v) is 4.00. The number of aromatic nitrogens is 2. The van der Waals surface area contributed by atoms with Gasteiger partial charge in [-0.05, 0) is 33.4 Å². The van der Waals surface area contributed by atoms with Gasteiger partial charge in [-0.1, -0.05) is 0 Å². The maximum atomic E-state index is 11.5. The molecule has 0 radical (unpaired) electrons. The summed E-state index contributed by atoms with van der Waals surface area (Å²) in [6, 6.07) is 0. The minimum absolute atomic E-state index is 0.421. The standard InChI is InChI=1S/C15H25N5O2/c1-11-8-17-12(2)18-14(11)20-7-6-19(5-3-4-16)9-13(10-20)15(21)22/h8,13H,3-7,9-10,16H2,1-2H3,(H,21,22). The zero-order valence-corrected chi connectivity index (χ0v) is 13.3. The summed E-state index contributed by atoms with van der Waals surface area (Å²) in [5.74, 6) is 0.374. The summed E-state index contributed by atoms with van der Waals surface area (Å²) in [5, 5.41) is 9.48. The Morgan fingerprint density at radius 2 is 2.18 bits per heavy atom. The van der Waals surface area contributed by atoms with Crippen LogP contribution in [0.25, 0.3) is 0 Å². The Labute approximate surface area is 131 Å². The van der Waals surface area contributed by atoms with Crippen LogP contribution in [0.1, 0.15) is 17.8 Å². The molecule has 1 aliphatic rings. The van der Waals surface area contributed by atoms with Gasteiger partial charge in [-0.25, -0.2) is 9.97 Å². The molecule has 122 valence electrons. The van der Waals surface area contributed by atoms with Gasteiger partial charge >= 0.3 is 5.97 Å². The number of carbonyl (C=O) groups is 1. The first-order chi connectivity index (χ1) is 10.5. The van der Waals surface area contributed by atoms with Gasteiger partial charge < -0.3 is 20.6 Å². The van der Waals surface area contributed by atoms with Crippen LogP contribution in [0, 0.1) is 19.8 Å². The molecule has 1 atom stereocenters. The summed E-state index contributed by atoms with van der Waals surface area (Å²) < 4.78 is 0. The van der Waals surface area contributed by atoms with E-state index in [1.807, 2.05) is 13.8 Å². The number of hydrogen-bond donors (Lipinski definition) is 2. The van der Waals surface area contributed by atoms with E-state index >= 15 is 0 Å². The number of aryl methyl sites for hydroxylation is 2. The molecule has 7 heteroatoms. The SMILES string of the molecule is Cc1ncc(C)c(N2CCN(CCCN)CC(C(=O)O)C2)n1. The van der Waals surface area contributed by atoms with Crippen LogP contribution in [-0.2, 0) is 4.79 Å². The van der Waals surface area contributed by atoms with Crippen molar-refractivity contribution in [2.24, 2.45) is 11.7 Å². The van der Waals surface area contributed by atoms with E-state index in [1.165, 1.54) is 0 Å². The summed E-state index contributed by atoms with van der Waals surface area (Å²) >= 11 is 0. The molecule has 0 amide bonds. The third-order valence-electron chi connectivity index (χ3n) is 4.00. The maximum absolute atomic E-state index is 11.5. The van der Waals surface area contributed by atoms with Gasteiger partial charge in [0.1, 0.15) is 11.6 Å². The van der Waals surface area contributed by atoms with E-state index in [-0.39, 0.29) is 0 Å². The summed E-state index contributed by atoms with van der Waals surface area (Å²) in [5.41, 5.74) is 6.54. The van der Waals surface area contributed by atoms with E-state index in [1.54, 1.807) is 6.20 Å². The van der Waals surface area contributed by atoms with Gasteiger partial charge in [0.2, 0.25) is 0 Å². The Bertz CT molecular complexity index is 523. The first-order valence-corrected chi connectivity index (χ1v) is 7.71. The lowest BCUT2D eigenvalue weighted by Crippen LogP contribution is -2.35. The molecular weight excluding hydrogens is 282 g/mol. The lowest BCUT2D eigenvalue weighted by molar-refractivity contribution is -0.141. The minimum Gasteiger partial charge on any atom is -0.481 e. The number of rotatable bonds is 5. The van der Waals surface area contributed by atoms with Crippen molar-refractivity contribution in [3.05, 3.63) is 17.6 Å². The third kappa shape index (κ3) is 4.14. The van der Waals surface area contributed by atoms with Crippen LogP contribution in [0.3, 0.4) is 0 Å². The molecule has 7 nitrogen and oxygen atoms in total. The molecule has 0 aromatic carbocycles. The molecule has 1 aromatic heterocycles. The highest BCUT2D eigenvalue weighted by atomic mass is 16.4. The number of carboxylic acids is 1. The Balaban J connectivity index is 2.18. The van der Waals surface area contributed by atoms with E-state index in [2.05, 4.69) is 19.8 Å². The molecule has 0 bridgehead atoms. The predicted octanol–water partition coefficient (Wildman–Crippen LogP) is 0.265. The van der Waals surface area contributed by atoms with E-state index < -0.39 is 11.9 Å². The predicted molar refractivity (Wildman–Crippen MR) is 85.0 cm³/mol. The van der Waals surface area contributed by atoms with Crippen LogP contribution >= 0.6 is 0 Å². The quantitative estimate of drug-likeness (QED) is 0.806. The zero-order chi connectivity index (χ0) is 16.1. The van der Waals surface area contributed by atoms with Crippen molar-refractivity contribution in [2.45, 2.75) is 20.3 Å². The summed E-state index contributed by atoms with van der Waals surface area (Å²) in [7, 11) is 0. The van der Waals surface area contributed by atoms with Gasteiger partial charge in [-0.2, -0.15) is 0 Å². The first kappa shape index (κ1) is 16.6. The Hall–Kier alpha value is -1.73. The molecule has 1 unspecified atom stereocenters. The Kier molecular flexibility index (Phi) is 5.68. The number of carboxylic acid groups (broad SMARTS) is 1. The van der Waals surface area contributed by atoms with E-state index in [0.717, 1.165) is 37.4 Å². The average Bonchev–Trinajstić information content (AvgIpc) is 2.70. The summed E-state index contributed by atoms with van der Waals surface area (Å²) in [6.45, 7) is 7.92. The van der Waals surface area contributed by atoms with Crippen molar-refractivity contribution >= 4 is 11.8 Å². The molecule has 22 heavy (non-hydrogen) atoms. The Morgan fingerprint density at radius 3 is 2.86 bits per heavy atom. The van der Waals surface area contributed by atoms with Gasteiger partial charge in [0.25, 0.3) is 0 Å². The fourth-order valence-corrected chi connectivity index (χ4v) is 2.79. The normalized spacial score (nSPS) is 20.0. The molecule has 2 heterocycles. The van der Waals surface area contributed by atoms with Crippen molar-refractivity contribution in [2.75, 3.05) is 44.2 Å². The molecule has 1 aromatic rings. The number of aliphatic carboxylic acids is 1. The van der Waals surface area contributed by atoms with Gasteiger partial charge in [-0.15, -0.1) is 0 Å². The van der Waals surface area contributed by atoms with Crippen molar-refractivity contribution in [3.63, 3.8) is 0 Å². The van der Waals surface area contributed by atoms with Crippen LogP contribution in [-0.4, -0.2) is 65.2 Å². The van der Waals surface area contributed by atoms with E-state index in [0.29, 0.717) is 25.5 Å². The highest BCUT2D eigenvalue weighted by Gasteiger charge is 2.28. The fourth-order valence-electron chi connectivity index (χ4n) is 2.79. The molecule has 1 fully saturated rings. The highest BCUT2D eigenvalue weighted by Crippen LogP contribution is 2.20. The molecule has 1 aliphatic heterocycles.